The summed E-state index contributed by atoms with van der Waals surface area (Å²) in [5.41, 5.74) is 1.11. The lowest BCUT2D eigenvalue weighted by Gasteiger charge is -2.15. The van der Waals surface area contributed by atoms with Gasteiger partial charge in [0.1, 0.15) is 0 Å². The molecule has 0 spiro atoms. The quantitative estimate of drug-likeness (QED) is 0.816. The molecule has 0 fully saturated rings. The van der Waals surface area contributed by atoms with E-state index >= 15 is 0 Å². The summed E-state index contributed by atoms with van der Waals surface area (Å²) in [5.74, 6) is 0.0814. The number of aliphatic hydroxyl groups excluding tert-OH is 2. The van der Waals surface area contributed by atoms with Gasteiger partial charge >= 0.3 is 0 Å². The Kier molecular flexibility index (Phi) is 5.12. The maximum atomic E-state index is 11.8. The summed E-state index contributed by atoms with van der Waals surface area (Å²) in [6, 6.07) is 7.35. The Morgan fingerprint density at radius 2 is 1.75 bits per heavy atom. The first-order chi connectivity index (χ1) is 7.54. The van der Waals surface area contributed by atoms with Gasteiger partial charge in [-0.3, -0.25) is 4.21 Å². The predicted octanol–water partition coefficient (Wildman–Crippen LogP) is 1.23. The summed E-state index contributed by atoms with van der Waals surface area (Å²) in [6.45, 7) is 3.74. The minimum atomic E-state index is -1.25. The molecule has 2 N–H and O–H groups in total. The molecule has 0 heterocycles. The zero-order chi connectivity index (χ0) is 12.1. The highest BCUT2D eigenvalue weighted by Gasteiger charge is 2.17. The van der Waals surface area contributed by atoms with E-state index in [-0.39, 0.29) is 5.75 Å². The van der Waals surface area contributed by atoms with Crippen molar-refractivity contribution in [2.75, 3.05) is 5.75 Å². The van der Waals surface area contributed by atoms with E-state index in [2.05, 4.69) is 0 Å². The SMILES string of the molecule is CC[C@@H](O)[C@H](O)CS(=O)c1ccc(C)cc1. The van der Waals surface area contributed by atoms with Crippen LogP contribution in [0.2, 0.25) is 0 Å². The van der Waals surface area contributed by atoms with Gasteiger partial charge in [-0.25, -0.2) is 0 Å². The van der Waals surface area contributed by atoms with Crippen LogP contribution >= 0.6 is 0 Å². The van der Waals surface area contributed by atoms with Crippen molar-refractivity contribution in [3.63, 3.8) is 0 Å². The van der Waals surface area contributed by atoms with Gasteiger partial charge in [-0.15, -0.1) is 0 Å². The van der Waals surface area contributed by atoms with Crippen molar-refractivity contribution in [1.82, 2.24) is 0 Å². The number of hydrogen-bond donors (Lipinski definition) is 2. The van der Waals surface area contributed by atoms with E-state index in [1.807, 2.05) is 19.1 Å². The zero-order valence-electron chi connectivity index (χ0n) is 9.59. The number of rotatable bonds is 5. The molecule has 0 aliphatic carbocycles. The van der Waals surface area contributed by atoms with Crippen LogP contribution in [0.15, 0.2) is 29.2 Å². The molecule has 1 rings (SSSR count). The van der Waals surface area contributed by atoms with Gasteiger partial charge in [0.15, 0.2) is 0 Å². The molecule has 1 unspecified atom stereocenters. The Morgan fingerprint density at radius 3 is 2.25 bits per heavy atom. The van der Waals surface area contributed by atoms with Gasteiger partial charge in [0, 0.05) is 4.90 Å². The van der Waals surface area contributed by atoms with E-state index in [0.717, 1.165) is 5.56 Å². The standard InChI is InChI=1S/C12H18O3S/c1-3-11(13)12(14)8-16(15)10-6-4-9(2)5-7-10/h4-7,11-14H,3,8H2,1-2H3/t11-,12-,16?/m1/s1. The maximum absolute atomic E-state index is 11.8. The summed E-state index contributed by atoms with van der Waals surface area (Å²) in [7, 11) is -1.25. The van der Waals surface area contributed by atoms with Crippen molar-refractivity contribution in [3.8, 4) is 0 Å². The number of benzene rings is 1. The lowest BCUT2D eigenvalue weighted by atomic mass is 10.2. The summed E-state index contributed by atoms with van der Waals surface area (Å²) in [5, 5.41) is 18.9. The van der Waals surface area contributed by atoms with E-state index in [0.29, 0.717) is 11.3 Å². The van der Waals surface area contributed by atoms with E-state index in [9.17, 15) is 14.4 Å². The number of hydrogen-bond acceptors (Lipinski definition) is 3. The number of aryl methyl sites for hydroxylation is 1. The first-order valence-corrected chi connectivity index (χ1v) is 6.67. The molecule has 0 saturated heterocycles. The predicted molar refractivity (Wildman–Crippen MR) is 64.8 cm³/mol. The van der Waals surface area contributed by atoms with Gasteiger partial charge in [0.2, 0.25) is 0 Å². The molecule has 1 aromatic rings. The van der Waals surface area contributed by atoms with Crippen LogP contribution in [-0.2, 0) is 10.8 Å². The fourth-order valence-electron chi connectivity index (χ4n) is 1.32. The summed E-state index contributed by atoms with van der Waals surface area (Å²) in [6.07, 6.45) is -1.26. The highest BCUT2D eigenvalue weighted by molar-refractivity contribution is 7.85. The molecule has 0 radical (unpaired) electrons. The highest BCUT2D eigenvalue weighted by Crippen LogP contribution is 2.11. The topological polar surface area (TPSA) is 57.5 Å². The van der Waals surface area contributed by atoms with Crippen LogP contribution in [0.5, 0.6) is 0 Å². The third kappa shape index (κ3) is 3.70. The molecule has 90 valence electrons. The van der Waals surface area contributed by atoms with Gasteiger partial charge in [-0.2, -0.15) is 0 Å². The molecule has 3 nitrogen and oxygen atoms in total. The van der Waals surface area contributed by atoms with Crippen molar-refractivity contribution in [2.45, 2.75) is 37.4 Å². The van der Waals surface area contributed by atoms with Crippen LogP contribution in [0.3, 0.4) is 0 Å². The van der Waals surface area contributed by atoms with Gasteiger partial charge in [0.05, 0.1) is 28.8 Å². The lowest BCUT2D eigenvalue weighted by molar-refractivity contribution is 0.0318. The van der Waals surface area contributed by atoms with Crippen molar-refractivity contribution >= 4 is 10.8 Å². The fourth-order valence-corrected chi connectivity index (χ4v) is 2.49. The van der Waals surface area contributed by atoms with Crippen LogP contribution in [-0.4, -0.2) is 32.4 Å². The van der Waals surface area contributed by atoms with Crippen molar-refractivity contribution in [1.29, 1.82) is 0 Å². The van der Waals surface area contributed by atoms with Crippen LogP contribution in [0.4, 0.5) is 0 Å². The Morgan fingerprint density at radius 1 is 1.19 bits per heavy atom. The molecule has 0 amide bonds. The summed E-state index contributed by atoms with van der Waals surface area (Å²) < 4.78 is 11.8. The van der Waals surface area contributed by atoms with Crippen LogP contribution in [0.1, 0.15) is 18.9 Å². The molecular formula is C12H18O3S. The normalized spacial score (nSPS) is 16.8. The van der Waals surface area contributed by atoms with Crippen molar-refractivity contribution in [2.24, 2.45) is 0 Å². The monoisotopic (exact) mass is 242 g/mol. The van der Waals surface area contributed by atoms with Crippen molar-refractivity contribution in [3.05, 3.63) is 29.8 Å². The average molecular weight is 242 g/mol. The minimum absolute atomic E-state index is 0.0814. The molecule has 4 heteroatoms. The smallest absolute Gasteiger partial charge is 0.0917 e. The molecule has 1 aromatic carbocycles. The van der Waals surface area contributed by atoms with Gasteiger partial charge in [-0.05, 0) is 25.5 Å². The molecule has 16 heavy (non-hydrogen) atoms. The van der Waals surface area contributed by atoms with Gasteiger partial charge in [-0.1, -0.05) is 24.6 Å². The van der Waals surface area contributed by atoms with E-state index in [1.165, 1.54) is 0 Å². The molecule has 0 bridgehead atoms. The minimum Gasteiger partial charge on any atom is -0.390 e. The van der Waals surface area contributed by atoms with E-state index in [1.54, 1.807) is 19.1 Å². The lowest BCUT2D eigenvalue weighted by Crippen LogP contribution is -2.30. The third-order valence-corrected chi connectivity index (χ3v) is 3.91. The summed E-state index contributed by atoms with van der Waals surface area (Å²) in [4.78, 5) is 0.688. The largest absolute Gasteiger partial charge is 0.390 e. The average Bonchev–Trinajstić information content (AvgIpc) is 2.28. The van der Waals surface area contributed by atoms with Crippen molar-refractivity contribution < 1.29 is 14.4 Å². The Balaban J connectivity index is 2.62. The van der Waals surface area contributed by atoms with Crippen LogP contribution < -0.4 is 0 Å². The molecule has 0 aliphatic heterocycles. The second kappa shape index (κ2) is 6.13. The zero-order valence-corrected chi connectivity index (χ0v) is 10.4. The highest BCUT2D eigenvalue weighted by atomic mass is 32.2. The third-order valence-electron chi connectivity index (χ3n) is 2.47. The maximum Gasteiger partial charge on any atom is 0.0917 e. The van der Waals surface area contributed by atoms with Crippen LogP contribution in [0.25, 0.3) is 0 Å². The first-order valence-electron chi connectivity index (χ1n) is 5.35. The fraction of sp³-hybridized carbons (Fsp3) is 0.500. The van der Waals surface area contributed by atoms with E-state index < -0.39 is 23.0 Å². The Bertz CT molecular complexity index is 348. The Hall–Kier alpha value is -0.710. The molecule has 0 aliphatic rings. The van der Waals surface area contributed by atoms with Crippen LogP contribution in [0, 0.1) is 6.92 Å². The first kappa shape index (κ1) is 13.4. The second-order valence-electron chi connectivity index (χ2n) is 3.87. The van der Waals surface area contributed by atoms with Gasteiger partial charge in [0.25, 0.3) is 0 Å². The number of aliphatic hydroxyl groups is 2. The molecular weight excluding hydrogens is 224 g/mol. The second-order valence-corrected chi connectivity index (χ2v) is 5.36. The summed E-state index contributed by atoms with van der Waals surface area (Å²) >= 11 is 0. The Labute approximate surface area is 98.6 Å². The molecule has 0 saturated carbocycles. The molecule has 3 atom stereocenters. The van der Waals surface area contributed by atoms with E-state index in [4.69, 9.17) is 0 Å². The van der Waals surface area contributed by atoms with Gasteiger partial charge < -0.3 is 10.2 Å². The molecule has 0 aromatic heterocycles.